The molecule has 1 fully saturated rings. The van der Waals surface area contributed by atoms with Crippen LogP contribution in [0.5, 0.6) is 11.5 Å². The van der Waals surface area contributed by atoms with Crippen LogP contribution in [0.15, 0.2) is 36.4 Å². The summed E-state index contributed by atoms with van der Waals surface area (Å²) < 4.78 is 13.0. The first kappa shape index (κ1) is 22.7. The molecule has 2 aliphatic rings. The van der Waals surface area contributed by atoms with Crippen LogP contribution in [0.3, 0.4) is 0 Å². The second-order valence-corrected chi connectivity index (χ2v) is 10.6. The molecule has 5 rings (SSSR count). The molecule has 2 heterocycles. The van der Waals surface area contributed by atoms with Gasteiger partial charge in [-0.15, -0.1) is 0 Å². The van der Waals surface area contributed by atoms with Gasteiger partial charge in [0.15, 0.2) is 11.5 Å². The molecule has 2 aromatic carbocycles. The number of amides is 1. The molecular formula is C27H36N2O5. The van der Waals surface area contributed by atoms with Crippen molar-refractivity contribution in [2.75, 3.05) is 18.7 Å². The molecule has 0 radical (unpaired) electrons. The molecule has 7 heteroatoms. The first-order valence-electron chi connectivity index (χ1n) is 11.8. The quantitative estimate of drug-likeness (QED) is 0.496. The van der Waals surface area contributed by atoms with Gasteiger partial charge in [-0.1, -0.05) is 26.8 Å². The molecule has 1 aromatic heterocycles. The first-order chi connectivity index (χ1) is 16.1. The summed E-state index contributed by atoms with van der Waals surface area (Å²) in [6.07, 6.45) is 0.749. The summed E-state index contributed by atoms with van der Waals surface area (Å²) in [5, 5.41) is 23.7. The molecule has 0 saturated heterocycles. The minimum Gasteiger partial charge on any atom is -0.454 e. The van der Waals surface area contributed by atoms with Crippen LogP contribution in [-0.4, -0.2) is 40.2 Å². The predicted octanol–water partition coefficient (Wildman–Crippen LogP) is 4.49. The average Bonchev–Trinajstić information content (AvgIpc) is 3.31. The Labute approximate surface area is 202 Å². The smallest absolute Gasteiger partial charge is 0.235 e. The van der Waals surface area contributed by atoms with E-state index in [9.17, 15) is 15.0 Å². The van der Waals surface area contributed by atoms with Crippen molar-refractivity contribution in [2.24, 2.45) is 0 Å². The third-order valence-corrected chi connectivity index (χ3v) is 6.92. The number of hydrogen-bond acceptors (Lipinski definition) is 5. The van der Waals surface area contributed by atoms with Crippen LogP contribution < -0.4 is 14.8 Å². The summed E-state index contributed by atoms with van der Waals surface area (Å²) >= 11 is 0. The number of nitrogens with one attached hydrogen (secondary N) is 1. The highest BCUT2D eigenvalue weighted by molar-refractivity contribution is 6.03. The van der Waals surface area contributed by atoms with Crippen LogP contribution in [0.25, 0.3) is 10.9 Å². The number of aryl methyl sites for hydroxylation is 1. The lowest BCUT2D eigenvalue weighted by atomic mass is 9.92. The normalized spacial score (nSPS) is 17.1. The average molecular weight is 469 g/mol. The highest BCUT2D eigenvalue weighted by atomic mass is 16.7. The Bertz CT molecular complexity index is 1280. The summed E-state index contributed by atoms with van der Waals surface area (Å²) in [6.45, 7) is 8.63. The van der Waals surface area contributed by atoms with E-state index in [0.717, 1.165) is 46.3 Å². The van der Waals surface area contributed by atoms with E-state index in [1.165, 1.54) is 0 Å². The monoisotopic (exact) mass is 468 g/mol. The van der Waals surface area contributed by atoms with E-state index in [2.05, 4.69) is 36.7 Å². The lowest BCUT2D eigenvalue weighted by Crippen LogP contribution is -2.27. The first-order valence-corrected chi connectivity index (χ1v) is 11.8. The van der Waals surface area contributed by atoms with Gasteiger partial charge in [0.1, 0.15) is 0 Å². The van der Waals surface area contributed by atoms with Crippen molar-refractivity contribution in [3.05, 3.63) is 53.2 Å². The van der Waals surface area contributed by atoms with Crippen LogP contribution in [0, 0.1) is 6.92 Å². The number of rotatable bonds is 6. The Kier molecular flexibility index (Phi) is 5.37. The minimum atomic E-state index is -0.841. The van der Waals surface area contributed by atoms with Gasteiger partial charge in [0.05, 0.1) is 30.2 Å². The maximum absolute atomic E-state index is 13.4. The number of ether oxygens (including phenoxy) is 2. The predicted molar refractivity (Wildman–Crippen MR) is 135 cm³/mol. The molecule has 184 valence electrons. The number of carbonyl (C=O) groups is 1. The number of aromatic nitrogens is 1. The van der Waals surface area contributed by atoms with Gasteiger partial charge >= 0.3 is 0 Å². The second kappa shape index (κ2) is 8.03. The zero-order chi connectivity index (χ0) is 24.3. The highest BCUT2D eigenvalue weighted by Gasteiger charge is 2.51. The fourth-order valence-electron chi connectivity index (χ4n) is 5.00. The van der Waals surface area contributed by atoms with E-state index in [1.54, 1.807) is 0 Å². The number of fused-ring (bicyclic) bond motifs is 2. The molecule has 0 unspecified atom stereocenters. The summed E-state index contributed by atoms with van der Waals surface area (Å²) in [7, 11) is 0. The Morgan fingerprint density at radius 2 is 1.91 bits per heavy atom. The molecule has 3 N–H and O–H groups in total. The molecule has 1 amide bonds. The molecule has 0 bridgehead atoms. The van der Waals surface area contributed by atoms with Crippen LogP contribution in [0.2, 0.25) is 0 Å². The van der Waals surface area contributed by atoms with Gasteiger partial charge in [0, 0.05) is 25.0 Å². The Hall–Kier alpha value is -3.03. The molecule has 34 heavy (non-hydrogen) atoms. The number of nitrogens with zero attached hydrogens (tertiary/aromatic N) is 1. The number of anilines is 1. The van der Waals surface area contributed by atoms with Gasteiger partial charge in [-0.05, 0) is 61.2 Å². The second-order valence-electron chi connectivity index (χ2n) is 10.6. The Morgan fingerprint density at radius 3 is 2.59 bits per heavy atom. The van der Waals surface area contributed by atoms with Crippen molar-refractivity contribution < 1.29 is 27.3 Å². The minimum absolute atomic E-state index is 0. The van der Waals surface area contributed by atoms with Crippen molar-refractivity contribution in [3.63, 3.8) is 0 Å². The van der Waals surface area contributed by atoms with Gasteiger partial charge < -0.3 is 29.6 Å². The highest BCUT2D eigenvalue weighted by Crippen LogP contribution is 2.51. The van der Waals surface area contributed by atoms with Crippen molar-refractivity contribution in [2.45, 2.75) is 64.0 Å². The van der Waals surface area contributed by atoms with E-state index >= 15 is 0 Å². The number of benzene rings is 2. The third kappa shape index (κ3) is 3.83. The summed E-state index contributed by atoms with van der Waals surface area (Å²) in [4.78, 5) is 13.4. The largest absolute Gasteiger partial charge is 0.454 e. The topological polar surface area (TPSA) is 93.0 Å². The molecule has 3 aromatic rings. The van der Waals surface area contributed by atoms with Crippen molar-refractivity contribution >= 4 is 22.5 Å². The summed E-state index contributed by atoms with van der Waals surface area (Å²) in [5.41, 5.74) is 4.09. The van der Waals surface area contributed by atoms with Crippen LogP contribution in [0.4, 0.5) is 5.69 Å². The third-order valence-electron chi connectivity index (χ3n) is 6.92. The molecule has 0 spiro atoms. The fourth-order valence-corrected chi connectivity index (χ4v) is 5.00. The van der Waals surface area contributed by atoms with E-state index in [0.29, 0.717) is 18.0 Å². The van der Waals surface area contributed by atoms with Gasteiger partial charge in [0.2, 0.25) is 12.7 Å². The SMILES string of the molecule is Cc1cc(NC(=O)C2(c3ccc4c(c3)OCO4)CC2)cc2cc(C(C)(C)C)n(C[C@@H](O)CO)c12.[HH].[HH]. The molecule has 1 saturated carbocycles. The summed E-state index contributed by atoms with van der Waals surface area (Å²) in [5.74, 6) is 1.39. The number of carbonyl (C=O) groups excluding carboxylic acids is 1. The fraction of sp³-hybridized carbons (Fsp3) is 0.444. The van der Waals surface area contributed by atoms with Gasteiger partial charge in [0.25, 0.3) is 0 Å². The van der Waals surface area contributed by atoms with Gasteiger partial charge in [-0.3, -0.25) is 4.79 Å². The molecule has 7 nitrogen and oxygen atoms in total. The van der Waals surface area contributed by atoms with E-state index < -0.39 is 11.5 Å². The van der Waals surface area contributed by atoms with Crippen LogP contribution in [0.1, 0.15) is 53.3 Å². The van der Waals surface area contributed by atoms with Gasteiger partial charge in [-0.25, -0.2) is 0 Å². The number of aliphatic hydroxyl groups excluding tert-OH is 2. The van der Waals surface area contributed by atoms with Crippen molar-refractivity contribution in [1.82, 2.24) is 4.57 Å². The molecule has 1 aliphatic carbocycles. The van der Waals surface area contributed by atoms with E-state index in [-0.39, 0.29) is 27.6 Å². The standard InChI is InChI=1S/C27H32N2O5.2H2/c1-16-9-19(10-17-11-23(26(2,3)4)29(24(16)17)13-20(31)14-30)28-25(32)27(7-8-27)18-5-6-21-22(12-18)34-15-33-21;;/h5-6,9-12,20,30-31H,7-8,13-15H2,1-4H3,(H,28,32);2*1H/t20-;;/m1../s1. The van der Waals surface area contributed by atoms with E-state index in [4.69, 9.17) is 9.47 Å². The van der Waals surface area contributed by atoms with Crippen molar-refractivity contribution in [1.29, 1.82) is 0 Å². The van der Waals surface area contributed by atoms with Gasteiger partial charge in [-0.2, -0.15) is 0 Å². The van der Waals surface area contributed by atoms with Crippen LogP contribution >= 0.6 is 0 Å². The molecule has 1 atom stereocenters. The number of aliphatic hydroxyl groups is 2. The zero-order valence-electron chi connectivity index (χ0n) is 20.1. The maximum Gasteiger partial charge on any atom is 0.235 e. The lowest BCUT2D eigenvalue weighted by molar-refractivity contribution is -0.118. The number of hydrogen-bond donors (Lipinski definition) is 3. The molecular weight excluding hydrogens is 432 g/mol. The summed E-state index contributed by atoms with van der Waals surface area (Å²) in [6, 6.07) is 11.8. The lowest BCUT2D eigenvalue weighted by Gasteiger charge is -2.24. The maximum atomic E-state index is 13.4. The van der Waals surface area contributed by atoms with Crippen LogP contribution in [-0.2, 0) is 22.2 Å². The van der Waals surface area contributed by atoms with E-state index in [1.807, 2.05) is 37.3 Å². The van der Waals surface area contributed by atoms with Crippen molar-refractivity contribution in [3.8, 4) is 11.5 Å². The Morgan fingerprint density at radius 1 is 1.18 bits per heavy atom. The Balaban J connectivity index is 0.00000180. The zero-order valence-corrected chi connectivity index (χ0v) is 20.1. The molecule has 1 aliphatic heterocycles.